The number of hydrogen-bond acceptors (Lipinski definition) is 2. The zero-order valence-corrected chi connectivity index (χ0v) is 10.6. The molecule has 0 aliphatic rings. The summed E-state index contributed by atoms with van der Waals surface area (Å²) in [6, 6.07) is 13.9. The monoisotopic (exact) mass is 242 g/mol. The standard InChI is InChI=1S/C15H18N2O/c1-12-7-8-14(11-16)15(18)17(12)10-9-13-5-3-2-4-6-13/h2-8H,9-11,16H2,1H3. The third-order valence-electron chi connectivity index (χ3n) is 3.16. The van der Waals surface area contributed by atoms with Crippen LogP contribution < -0.4 is 11.3 Å². The molecule has 3 nitrogen and oxygen atoms in total. The third kappa shape index (κ3) is 2.68. The van der Waals surface area contributed by atoms with Gasteiger partial charge in [0.1, 0.15) is 0 Å². The van der Waals surface area contributed by atoms with Crippen LogP contribution in [0.4, 0.5) is 0 Å². The molecule has 0 aliphatic carbocycles. The summed E-state index contributed by atoms with van der Waals surface area (Å²) < 4.78 is 1.80. The molecular weight excluding hydrogens is 224 g/mol. The van der Waals surface area contributed by atoms with E-state index in [0.29, 0.717) is 18.7 Å². The van der Waals surface area contributed by atoms with Crippen molar-refractivity contribution in [3.63, 3.8) is 0 Å². The second-order valence-electron chi connectivity index (χ2n) is 4.40. The van der Waals surface area contributed by atoms with Gasteiger partial charge in [-0.25, -0.2) is 0 Å². The topological polar surface area (TPSA) is 48.0 Å². The fraction of sp³-hybridized carbons (Fsp3) is 0.267. The van der Waals surface area contributed by atoms with E-state index in [1.165, 1.54) is 5.56 Å². The summed E-state index contributed by atoms with van der Waals surface area (Å²) in [5.41, 5.74) is 8.49. The number of pyridine rings is 1. The van der Waals surface area contributed by atoms with Crippen LogP contribution >= 0.6 is 0 Å². The van der Waals surface area contributed by atoms with Gasteiger partial charge in [0.15, 0.2) is 0 Å². The van der Waals surface area contributed by atoms with Gasteiger partial charge in [-0.15, -0.1) is 0 Å². The molecule has 1 aromatic carbocycles. The smallest absolute Gasteiger partial charge is 0.255 e. The van der Waals surface area contributed by atoms with Crippen LogP contribution in [0.5, 0.6) is 0 Å². The Morgan fingerprint density at radius 1 is 1.11 bits per heavy atom. The van der Waals surface area contributed by atoms with Crippen LogP contribution in [0.3, 0.4) is 0 Å². The van der Waals surface area contributed by atoms with E-state index in [9.17, 15) is 4.79 Å². The number of benzene rings is 1. The first-order chi connectivity index (χ1) is 8.72. The van der Waals surface area contributed by atoms with E-state index in [4.69, 9.17) is 5.73 Å². The zero-order valence-electron chi connectivity index (χ0n) is 10.6. The van der Waals surface area contributed by atoms with E-state index in [2.05, 4.69) is 12.1 Å². The largest absolute Gasteiger partial charge is 0.326 e. The van der Waals surface area contributed by atoms with Gasteiger partial charge < -0.3 is 10.3 Å². The Morgan fingerprint density at radius 2 is 1.83 bits per heavy atom. The molecule has 0 atom stereocenters. The maximum Gasteiger partial charge on any atom is 0.255 e. The van der Waals surface area contributed by atoms with Crippen LogP contribution in [0, 0.1) is 6.92 Å². The molecule has 2 aromatic rings. The van der Waals surface area contributed by atoms with Crippen LogP contribution in [0.2, 0.25) is 0 Å². The maximum absolute atomic E-state index is 12.1. The van der Waals surface area contributed by atoms with Crippen molar-refractivity contribution in [2.75, 3.05) is 0 Å². The Morgan fingerprint density at radius 3 is 2.50 bits per heavy atom. The summed E-state index contributed by atoms with van der Waals surface area (Å²) in [4.78, 5) is 12.1. The Hall–Kier alpha value is -1.87. The van der Waals surface area contributed by atoms with E-state index in [1.807, 2.05) is 37.3 Å². The second-order valence-corrected chi connectivity index (χ2v) is 4.40. The second kappa shape index (κ2) is 5.65. The lowest BCUT2D eigenvalue weighted by molar-refractivity contribution is 0.641. The van der Waals surface area contributed by atoms with Gasteiger partial charge in [-0.1, -0.05) is 36.4 Å². The quantitative estimate of drug-likeness (QED) is 0.889. The van der Waals surface area contributed by atoms with Gasteiger partial charge in [0.2, 0.25) is 0 Å². The molecule has 0 radical (unpaired) electrons. The van der Waals surface area contributed by atoms with Gasteiger partial charge in [0, 0.05) is 24.3 Å². The number of aromatic nitrogens is 1. The lowest BCUT2D eigenvalue weighted by atomic mass is 10.1. The molecule has 0 bridgehead atoms. The van der Waals surface area contributed by atoms with Crippen LogP contribution in [0.15, 0.2) is 47.3 Å². The first kappa shape index (κ1) is 12.6. The number of aryl methyl sites for hydroxylation is 2. The van der Waals surface area contributed by atoms with Crippen molar-refractivity contribution in [3.05, 3.63) is 69.6 Å². The number of hydrogen-bond donors (Lipinski definition) is 1. The molecule has 2 rings (SSSR count). The first-order valence-electron chi connectivity index (χ1n) is 6.15. The summed E-state index contributed by atoms with van der Waals surface area (Å²) in [5, 5.41) is 0. The fourth-order valence-corrected chi connectivity index (χ4v) is 2.03. The molecule has 0 spiro atoms. The number of nitrogens with two attached hydrogens (primary N) is 1. The van der Waals surface area contributed by atoms with Crippen LogP contribution in [-0.4, -0.2) is 4.57 Å². The first-order valence-corrected chi connectivity index (χ1v) is 6.15. The summed E-state index contributed by atoms with van der Waals surface area (Å²) in [6.07, 6.45) is 0.857. The predicted molar refractivity (Wildman–Crippen MR) is 73.5 cm³/mol. The predicted octanol–water partition coefficient (Wildman–Crippen LogP) is 1.86. The highest BCUT2D eigenvalue weighted by Gasteiger charge is 2.05. The molecule has 18 heavy (non-hydrogen) atoms. The van der Waals surface area contributed by atoms with Crippen molar-refractivity contribution < 1.29 is 0 Å². The van der Waals surface area contributed by atoms with Crippen LogP contribution in [0.25, 0.3) is 0 Å². The van der Waals surface area contributed by atoms with Crippen molar-refractivity contribution >= 4 is 0 Å². The molecule has 3 heteroatoms. The Balaban J connectivity index is 2.22. The molecule has 0 saturated heterocycles. The van der Waals surface area contributed by atoms with Crippen molar-refractivity contribution in [1.82, 2.24) is 4.57 Å². The molecule has 0 unspecified atom stereocenters. The van der Waals surface area contributed by atoms with Crippen LogP contribution in [-0.2, 0) is 19.5 Å². The summed E-state index contributed by atoms with van der Waals surface area (Å²) in [6.45, 7) is 2.94. The Kier molecular flexibility index (Phi) is 3.95. The van der Waals surface area contributed by atoms with Gasteiger partial charge in [0.05, 0.1) is 0 Å². The SMILES string of the molecule is Cc1ccc(CN)c(=O)n1CCc1ccccc1. The highest BCUT2D eigenvalue weighted by atomic mass is 16.1. The summed E-state index contributed by atoms with van der Waals surface area (Å²) >= 11 is 0. The molecule has 1 heterocycles. The number of nitrogens with zero attached hydrogens (tertiary/aromatic N) is 1. The van der Waals surface area contributed by atoms with Gasteiger partial charge >= 0.3 is 0 Å². The summed E-state index contributed by atoms with van der Waals surface area (Å²) in [7, 11) is 0. The van der Waals surface area contributed by atoms with Crippen molar-refractivity contribution in [2.24, 2.45) is 5.73 Å². The molecular formula is C15H18N2O. The summed E-state index contributed by atoms with van der Waals surface area (Å²) in [5.74, 6) is 0. The molecule has 2 N–H and O–H groups in total. The van der Waals surface area contributed by atoms with Crippen molar-refractivity contribution in [2.45, 2.75) is 26.4 Å². The van der Waals surface area contributed by atoms with E-state index in [-0.39, 0.29) is 5.56 Å². The van der Waals surface area contributed by atoms with E-state index in [0.717, 1.165) is 12.1 Å². The van der Waals surface area contributed by atoms with Crippen LogP contribution in [0.1, 0.15) is 16.8 Å². The molecule has 1 aromatic heterocycles. The molecule has 94 valence electrons. The Bertz CT molecular complexity index is 573. The molecule has 0 saturated carbocycles. The molecule has 0 fully saturated rings. The molecule has 0 aliphatic heterocycles. The highest BCUT2D eigenvalue weighted by molar-refractivity contribution is 5.17. The minimum atomic E-state index is 0.0356. The molecule has 0 amide bonds. The normalized spacial score (nSPS) is 10.6. The van der Waals surface area contributed by atoms with Crippen molar-refractivity contribution in [1.29, 1.82) is 0 Å². The van der Waals surface area contributed by atoms with E-state index in [1.54, 1.807) is 4.57 Å². The van der Waals surface area contributed by atoms with Gasteiger partial charge in [-0.3, -0.25) is 4.79 Å². The maximum atomic E-state index is 12.1. The fourth-order valence-electron chi connectivity index (χ4n) is 2.03. The Labute approximate surface area is 107 Å². The minimum Gasteiger partial charge on any atom is -0.326 e. The van der Waals surface area contributed by atoms with Gasteiger partial charge in [-0.2, -0.15) is 0 Å². The van der Waals surface area contributed by atoms with Crippen molar-refractivity contribution in [3.8, 4) is 0 Å². The number of rotatable bonds is 4. The van der Waals surface area contributed by atoms with E-state index >= 15 is 0 Å². The average Bonchev–Trinajstić information content (AvgIpc) is 2.40. The average molecular weight is 242 g/mol. The van der Waals surface area contributed by atoms with Gasteiger partial charge in [0.25, 0.3) is 5.56 Å². The minimum absolute atomic E-state index is 0.0356. The lowest BCUT2D eigenvalue weighted by Crippen LogP contribution is -2.27. The zero-order chi connectivity index (χ0) is 13.0. The lowest BCUT2D eigenvalue weighted by Gasteiger charge is -2.11. The third-order valence-corrected chi connectivity index (χ3v) is 3.16. The van der Waals surface area contributed by atoms with Gasteiger partial charge in [-0.05, 0) is 25.0 Å². The highest BCUT2D eigenvalue weighted by Crippen LogP contribution is 2.03. The van der Waals surface area contributed by atoms with E-state index < -0.39 is 0 Å².